The number of aliphatic hydroxyl groups is 2. The van der Waals surface area contributed by atoms with Gasteiger partial charge in [0, 0.05) is 6.20 Å². The number of alkyl halides is 1. The van der Waals surface area contributed by atoms with Crippen molar-refractivity contribution in [3.8, 4) is 0 Å². The molecule has 14 heteroatoms. The molecule has 2 heterocycles. The molecule has 1 fully saturated rings. The van der Waals surface area contributed by atoms with Crippen LogP contribution in [0, 0.1) is 0 Å². The number of aromatic amines is 1. The van der Waals surface area contributed by atoms with Gasteiger partial charge in [-0.1, -0.05) is 0 Å². The lowest BCUT2D eigenvalue weighted by atomic mass is 10.1. The van der Waals surface area contributed by atoms with Crippen molar-refractivity contribution < 1.29 is 44.4 Å². The molecule has 1 saturated heterocycles. The van der Waals surface area contributed by atoms with E-state index in [9.17, 15) is 33.6 Å². The van der Waals surface area contributed by atoms with Crippen LogP contribution in [0.15, 0.2) is 15.8 Å². The van der Waals surface area contributed by atoms with Crippen LogP contribution in [0.4, 0.5) is 4.39 Å². The molecule has 5 N–H and O–H groups in total. The second-order valence-electron chi connectivity index (χ2n) is 4.71. The third kappa shape index (κ3) is 3.52. The molecule has 0 saturated carbocycles. The Morgan fingerprint density at radius 2 is 2.17 bits per heavy atom. The molecule has 0 amide bonds. The van der Waals surface area contributed by atoms with E-state index in [4.69, 9.17) is 11.2 Å². The van der Waals surface area contributed by atoms with Gasteiger partial charge in [-0.3, -0.25) is 23.7 Å². The van der Waals surface area contributed by atoms with Crippen molar-refractivity contribution in [1.82, 2.24) is 9.55 Å². The molecule has 4 atom stereocenters. The largest absolute Gasteiger partial charge is 0.469 e. The number of aromatic nitrogens is 2. The fraction of sp³-hybridized carbons (Fsp3) is 0.500. The van der Waals surface area contributed by atoms with E-state index in [0.29, 0.717) is 6.20 Å². The van der Waals surface area contributed by atoms with Crippen molar-refractivity contribution in [2.24, 2.45) is 0 Å². The van der Waals surface area contributed by atoms with Crippen LogP contribution >= 0.6 is 7.82 Å². The van der Waals surface area contributed by atoms with E-state index in [1.54, 1.807) is 4.98 Å². The lowest BCUT2D eigenvalue weighted by Gasteiger charge is -2.22. The Morgan fingerprint density at radius 3 is 2.71 bits per heavy atom. The summed E-state index contributed by atoms with van der Waals surface area (Å²) < 4.78 is 41.7. The zero-order valence-corrected chi connectivity index (χ0v) is 12.4. The molecule has 0 spiro atoms. The van der Waals surface area contributed by atoms with Crippen molar-refractivity contribution in [3.63, 3.8) is 0 Å². The summed E-state index contributed by atoms with van der Waals surface area (Å²) in [4.78, 5) is 52.7. The average Bonchev–Trinajstić information content (AvgIpc) is 2.67. The molecule has 2 rings (SSSR count). The van der Waals surface area contributed by atoms with E-state index in [2.05, 4.69) is 9.26 Å². The number of nitrogens with zero attached hydrogens (tertiary/aromatic N) is 1. The number of hydrogen-bond acceptors (Lipinski definition) is 8. The molecule has 0 aliphatic carbocycles. The second-order valence-corrected chi connectivity index (χ2v) is 5.95. The average molecular weight is 371 g/mol. The first-order valence-corrected chi connectivity index (χ1v) is 7.64. The zero-order chi connectivity index (χ0) is 19.2. The Kier molecular flexibility index (Phi) is 4.48. The zero-order valence-electron chi connectivity index (χ0n) is 12.5. The van der Waals surface area contributed by atoms with Gasteiger partial charge in [0.1, 0.15) is 18.8 Å². The van der Waals surface area contributed by atoms with Crippen LogP contribution in [0.25, 0.3) is 0 Å². The number of H-pyrrole nitrogens is 1. The van der Waals surface area contributed by atoms with E-state index in [-0.39, 0.29) is 10.9 Å². The first kappa shape index (κ1) is 17.1. The van der Waals surface area contributed by atoms with Gasteiger partial charge in [-0.15, -0.1) is 0 Å². The Balaban J connectivity index is 2.49. The number of nitrogens with one attached hydrogen (secondary N) is 1. The summed E-state index contributed by atoms with van der Waals surface area (Å²) in [6.45, 7) is -1.59. The first-order valence-electron chi connectivity index (χ1n) is 6.61. The van der Waals surface area contributed by atoms with Gasteiger partial charge in [-0.2, -0.15) is 0 Å². The summed E-state index contributed by atoms with van der Waals surface area (Å²) in [5, 5.41) is 19.6. The summed E-state index contributed by atoms with van der Waals surface area (Å²) >= 11 is 0. The van der Waals surface area contributed by atoms with E-state index in [0.717, 1.165) is 0 Å². The molecule has 134 valence electrons. The van der Waals surface area contributed by atoms with Gasteiger partial charge in [-0.25, -0.2) is 13.8 Å². The highest BCUT2D eigenvalue weighted by atomic mass is 31.2. The minimum Gasteiger partial charge on any atom is -0.385 e. The quantitative estimate of drug-likeness (QED) is 0.271. The second kappa shape index (κ2) is 6.29. The van der Waals surface area contributed by atoms with Gasteiger partial charge in [-0.05, 0) is 0 Å². The normalized spacial score (nSPS) is 34.1. The SMILES string of the molecule is [2H][C@@]1(n2cc(C=O)c(=O)[nH]c2=O)O[C@](F)(COP(=O)(O)O)[C@@H](O)[C@H]1O. The molecular weight excluding hydrogens is 358 g/mol. The fourth-order valence-corrected chi connectivity index (χ4v) is 2.22. The molecule has 0 radical (unpaired) electrons. The number of halogens is 1. The van der Waals surface area contributed by atoms with E-state index >= 15 is 0 Å². The molecule has 0 unspecified atom stereocenters. The van der Waals surface area contributed by atoms with Crippen molar-refractivity contribution in [1.29, 1.82) is 0 Å². The molecule has 0 bridgehead atoms. The monoisotopic (exact) mass is 371 g/mol. The molecule has 12 nitrogen and oxygen atoms in total. The topological polar surface area (TPSA) is 188 Å². The lowest BCUT2D eigenvalue weighted by Crippen LogP contribution is -2.43. The van der Waals surface area contributed by atoms with Gasteiger partial charge >= 0.3 is 13.5 Å². The van der Waals surface area contributed by atoms with E-state index < -0.39 is 55.5 Å². The Hall–Kier alpha value is -1.73. The van der Waals surface area contributed by atoms with Crippen LogP contribution < -0.4 is 11.2 Å². The van der Waals surface area contributed by atoms with Crippen LogP contribution in [0.5, 0.6) is 0 Å². The summed E-state index contributed by atoms with van der Waals surface area (Å²) in [5.41, 5.74) is -3.17. The van der Waals surface area contributed by atoms with E-state index in [1.165, 1.54) is 0 Å². The van der Waals surface area contributed by atoms with Crippen molar-refractivity contribution in [3.05, 3.63) is 32.6 Å². The maximum atomic E-state index is 14.6. The molecular formula is C10H12FN2O10P. The Morgan fingerprint density at radius 1 is 1.54 bits per heavy atom. The highest BCUT2D eigenvalue weighted by molar-refractivity contribution is 7.46. The highest BCUT2D eigenvalue weighted by Crippen LogP contribution is 2.43. The predicted octanol–water partition coefficient (Wildman–Crippen LogP) is -2.63. The molecule has 24 heavy (non-hydrogen) atoms. The maximum absolute atomic E-state index is 14.6. The number of phosphoric ester groups is 1. The molecule has 1 aromatic rings. The van der Waals surface area contributed by atoms with Gasteiger partial charge < -0.3 is 24.7 Å². The fourth-order valence-electron chi connectivity index (χ4n) is 1.88. The summed E-state index contributed by atoms with van der Waals surface area (Å²) in [6.07, 6.45) is -7.59. The van der Waals surface area contributed by atoms with Crippen LogP contribution in [0.1, 0.15) is 17.9 Å². The lowest BCUT2D eigenvalue weighted by molar-refractivity contribution is -0.205. The highest BCUT2D eigenvalue weighted by Gasteiger charge is 2.57. The summed E-state index contributed by atoms with van der Waals surface area (Å²) in [7, 11) is -5.19. The number of aliphatic hydroxyl groups excluding tert-OH is 2. The summed E-state index contributed by atoms with van der Waals surface area (Å²) in [6, 6.07) is 0. The Labute approximate surface area is 132 Å². The third-order valence-electron chi connectivity index (χ3n) is 3.03. The molecule has 1 aliphatic heterocycles. The number of ether oxygens (including phenoxy) is 1. The van der Waals surface area contributed by atoms with Crippen LogP contribution in [0.3, 0.4) is 0 Å². The summed E-state index contributed by atoms with van der Waals surface area (Å²) in [5.74, 6) is -3.49. The van der Waals surface area contributed by atoms with Crippen LogP contribution in [0.2, 0.25) is 0 Å². The van der Waals surface area contributed by atoms with Crippen LogP contribution in [-0.2, 0) is 13.8 Å². The minimum absolute atomic E-state index is 0.00941. The van der Waals surface area contributed by atoms with Crippen LogP contribution in [-0.4, -0.2) is 60.5 Å². The van der Waals surface area contributed by atoms with Gasteiger partial charge in [0.15, 0.2) is 12.5 Å². The van der Waals surface area contributed by atoms with Crippen molar-refractivity contribution >= 4 is 14.1 Å². The number of aldehydes is 1. The van der Waals surface area contributed by atoms with E-state index in [1.807, 2.05) is 0 Å². The number of carbonyl (C=O) groups excluding carboxylic acids is 1. The van der Waals surface area contributed by atoms with Crippen molar-refractivity contribution in [2.45, 2.75) is 24.3 Å². The number of carbonyl (C=O) groups is 1. The predicted molar refractivity (Wildman–Crippen MR) is 70.7 cm³/mol. The van der Waals surface area contributed by atoms with Gasteiger partial charge in [0.2, 0.25) is 0 Å². The number of rotatable bonds is 5. The number of phosphoric acid groups is 1. The maximum Gasteiger partial charge on any atom is 0.469 e. The third-order valence-corrected chi connectivity index (χ3v) is 3.50. The van der Waals surface area contributed by atoms with Crippen molar-refractivity contribution in [2.75, 3.05) is 6.61 Å². The first-order chi connectivity index (χ1) is 11.3. The molecule has 1 aliphatic rings. The minimum atomic E-state index is -5.19. The molecule has 0 aromatic carbocycles. The Bertz CT molecular complexity index is 853. The standard InChI is InChI=1S/C10H12FN2O10P/c11-10(3-22-24(19,20)21)6(16)5(15)8(23-10)13-1-4(2-14)7(17)12-9(13)18/h1-2,5-6,8,15-16H,3H2,(H,12,17,18)(H2,19,20,21)/t5-,6+,8-,10-/m1/s1/i8D. The van der Waals surface area contributed by atoms with Gasteiger partial charge in [0.05, 0.1) is 6.93 Å². The number of hydrogen-bond donors (Lipinski definition) is 5. The smallest absolute Gasteiger partial charge is 0.385 e. The van der Waals surface area contributed by atoms with Gasteiger partial charge in [0.25, 0.3) is 11.4 Å². The molecule has 1 aromatic heterocycles.